The molecular weight excluding hydrogens is 374 g/mol. The van der Waals surface area contributed by atoms with Crippen molar-refractivity contribution in [3.63, 3.8) is 0 Å². The second kappa shape index (κ2) is 8.76. The summed E-state index contributed by atoms with van der Waals surface area (Å²) in [5.41, 5.74) is 1.22. The summed E-state index contributed by atoms with van der Waals surface area (Å²) in [5, 5.41) is 3.16. The summed E-state index contributed by atoms with van der Waals surface area (Å²) in [7, 11) is 0. The summed E-state index contributed by atoms with van der Waals surface area (Å²) in [6.45, 7) is 9.54. The van der Waals surface area contributed by atoms with Gasteiger partial charge in [-0.25, -0.2) is 13.8 Å². The molecule has 0 unspecified atom stereocenters. The molecule has 0 bridgehead atoms. The second-order valence-corrected chi connectivity index (χ2v) is 7.59. The lowest BCUT2D eigenvalue weighted by Crippen LogP contribution is -2.51. The quantitative estimate of drug-likeness (QED) is 0.573. The molecule has 0 spiro atoms. The Balaban J connectivity index is 1.65. The number of carbonyl (C=O) groups is 1. The van der Waals surface area contributed by atoms with Crippen LogP contribution in [0.25, 0.3) is 0 Å². The highest BCUT2D eigenvalue weighted by Crippen LogP contribution is 2.31. The number of hydrogen-bond acceptors (Lipinski definition) is 3. The third-order valence-electron chi connectivity index (χ3n) is 5.12. The minimum Gasteiger partial charge on any atom is -0.353 e. The number of nitrogens with one attached hydrogen (secondary N) is 1. The summed E-state index contributed by atoms with van der Waals surface area (Å²) in [4.78, 5) is 20.8. The minimum absolute atomic E-state index is 0.0343. The van der Waals surface area contributed by atoms with Gasteiger partial charge in [0.1, 0.15) is 0 Å². The van der Waals surface area contributed by atoms with E-state index >= 15 is 0 Å². The van der Waals surface area contributed by atoms with Crippen LogP contribution in [0.15, 0.2) is 53.8 Å². The van der Waals surface area contributed by atoms with E-state index in [-0.39, 0.29) is 17.4 Å². The van der Waals surface area contributed by atoms with Crippen LogP contribution >= 0.6 is 0 Å². The van der Waals surface area contributed by atoms with E-state index < -0.39 is 5.92 Å². The molecule has 1 saturated carbocycles. The molecular formula is C22H28F2N4O. The average Bonchev–Trinajstić information content (AvgIpc) is 3.53. The fourth-order valence-electron chi connectivity index (χ4n) is 3.30. The summed E-state index contributed by atoms with van der Waals surface area (Å²) < 4.78 is 26.8. The van der Waals surface area contributed by atoms with E-state index in [1.165, 1.54) is 12.1 Å². The van der Waals surface area contributed by atoms with Crippen LogP contribution in [-0.2, 0) is 10.7 Å². The standard InChI is InChI=1S/C22H28F2N4O/c1-4-11-25-20(27-12-14-28(15-13-27)21(29)17-5-6-17)16(2)26-19-9-7-18(8-10-19)22(3,23)24/h4,7-11,17,26H,2,5-6,12-15H2,1,3H3/b11-4-,25-20?. The van der Waals surface area contributed by atoms with Crippen LogP contribution in [-0.4, -0.2) is 47.7 Å². The first-order valence-electron chi connectivity index (χ1n) is 9.97. The van der Waals surface area contributed by atoms with Crippen molar-refractivity contribution in [2.75, 3.05) is 31.5 Å². The van der Waals surface area contributed by atoms with Gasteiger partial charge in [-0.15, -0.1) is 0 Å². The predicted octanol–water partition coefficient (Wildman–Crippen LogP) is 4.21. The Morgan fingerprint density at radius 3 is 2.28 bits per heavy atom. The zero-order chi connectivity index (χ0) is 21.0. The van der Waals surface area contributed by atoms with Crippen LogP contribution in [0.4, 0.5) is 14.5 Å². The molecule has 156 valence electrons. The molecule has 1 amide bonds. The van der Waals surface area contributed by atoms with E-state index in [2.05, 4.69) is 21.8 Å². The molecule has 1 aromatic carbocycles. The summed E-state index contributed by atoms with van der Waals surface area (Å²) >= 11 is 0. The number of aliphatic imine (C=N–C) groups is 1. The first-order chi connectivity index (χ1) is 13.8. The summed E-state index contributed by atoms with van der Waals surface area (Å²) in [5.74, 6) is -1.69. The van der Waals surface area contributed by atoms with Crippen molar-refractivity contribution in [2.45, 2.75) is 32.6 Å². The number of hydrogen-bond donors (Lipinski definition) is 1. The molecule has 1 aliphatic heterocycles. The molecule has 1 aliphatic carbocycles. The van der Waals surface area contributed by atoms with Gasteiger partial charge in [-0.05, 0) is 31.9 Å². The highest BCUT2D eigenvalue weighted by Gasteiger charge is 2.35. The number of allylic oxidation sites excluding steroid dienone is 1. The molecule has 3 rings (SSSR count). The molecule has 7 heteroatoms. The van der Waals surface area contributed by atoms with Crippen LogP contribution < -0.4 is 5.32 Å². The van der Waals surface area contributed by atoms with Gasteiger partial charge in [0.15, 0.2) is 5.84 Å². The summed E-state index contributed by atoms with van der Waals surface area (Å²) in [6, 6.07) is 6.02. The van der Waals surface area contributed by atoms with Crippen LogP contribution in [0.2, 0.25) is 0 Å². The lowest BCUT2D eigenvalue weighted by atomic mass is 10.1. The van der Waals surface area contributed by atoms with Gasteiger partial charge in [-0.3, -0.25) is 4.79 Å². The third-order valence-corrected chi connectivity index (χ3v) is 5.12. The maximum absolute atomic E-state index is 13.4. The predicted molar refractivity (Wildman–Crippen MR) is 112 cm³/mol. The maximum atomic E-state index is 13.4. The number of alkyl halides is 2. The van der Waals surface area contributed by atoms with E-state index in [1.807, 2.05) is 17.9 Å². The number of carbonyl (C=O) groups excluding carboxylic acids is 1. The van der Waals surface area contributed by atoms with Crippen molar-refractivity contribution in [1.29, 1.82) is 0 Å². The Morgan fingerprint density at radius 1 is 1.17 bits per heavy atom. The lowest BCUT2D eigenvalue weighted by molar-refractivity contribution is -0.133. The molecule has 1 heterocycles. The molecule has 2 aliphatic rings. The normalized spacial score (nSPS) is 18.3. The summed E-state index contributed by atoms with van der Waals surface area (Å²) in [6.07, 6.45) is 5.55. The Bertz CT molecular complexity index is 799. The largest absolute Gasteiger partial charge is 0.353 e. The fourth-order valence-corrected chi connectivity index (χ4v) is 3.30. The Morgan fingerprint density at radius 2 is 1.76 bits per heavy atom. The van der Waals surface area contributed by atoms with Gasteiger partial charge >= 0.3 is 0 Å². The zero-order valence-corrected chi connectivity index (χ0v) is 17.0. The van der Waals surface area contributed by atoms with Gasteiger partial charge in [-0.1, -0.05) is 24.8 Å². The van der Waals surface area contributed by atoms with Crippen molar-refractivity contribution >= 4 is 17.4 Å². The van der Waals surface area contributed by atoms with Gasteiger partial charge in [0.25, 0.3) is 5.92 Å². The molecule has 0 radical (unpaired) electrons. The monoisotopic (exact) mass is 402 g/mol. The van der Waals surface area contributed by atoms with E-state index in [1.54, 1.807) is 18.3 Å². The number of rotatable bonds is 6. The van der Waals surface area contributed by atoms with Crippen molar-refractivity contribution in [2.24, 2.45) is 10.9 Å². The number of amidine groups is 1. The Kier molecular flexibility index (Phi) is 6.35. The molecule has 1 saturated heterocycles. The third kappa shape index (κ3) is 5.43. The van der Waals surface area contributed by atoms with E-state index in [0.29, 0.717) is 43.4 Å². The smallest absolute Gasteiger partial charge is 0.270 e. The Hall–Kier alpha value is -2.70. The topological polar surface area (TPSA) is 47.9 Å². The van der Waals surface area contributed by atoms with E-state index in [9.17, 15) is 13.6 Å². The zero-order valence-electron chi connectivity index (χ0n) is 17.0. The van der Waals surface area contributed by atoms with Crippen LogP contribution in [0.3, 0.4) is 0 Å². The van der Waals surface area contributed by atoms with E-state index in [0.717, 1.165) is 19.8 Å². The van der Waals surface area contributed by atoms with Gasteiger partial charge in [0, 0.05) is 56.5 Å². The number of anilines is 1. The van der Waals surface area contributed by atoms with Crippen molar-refractivity contribution in [3.8, 4) is 0 Å². The molecule has 29 heavy (non-hydrogen) atoms. The number of nitrogens with zero attached hydrogens (tertiary/aromatic N) is 3. The van der Waals surface area contributed by atoms with Gasteiger partial charge in [0.2, 0.25) is 5.91 Å². The van der Waals surface area contributed by atoms with Crippen molar-refractivity contribution < 1.29 is 13.6 Å². The molecule has 1 N–H and O–H groups in total. The first kappa shape index (κ1) is 21.0. The number of benzene rings is 1. The van der Waals surface area contributed by atoms with Crippen LogP contribution in [0, 0.1) is 5.92 Å². The second-order valence-electron chi connectivity index (χ2n) is 7.59. The number of halogens is 2. The molecule has 0 atom stereocenters. The fraction of sp³-hybridized carbons (Fsp3) is 0.455. The molecule has 2 fully saturated rings. The molecule has 5 nitrogen and oxygen atoms in total. The van der Waals surface area contributed by atoms with Crippen LogP contribution in [0.5, 0.6) is 0 Å². The van der Waals surface area contributed by atoms with Gasteiger partial charge in [-0.2, -0.15) is 0 Å². The maximum Gasteiger partial charge on any atom is 0.270 e. The Labute approximate surface area is 170 Å². The highest BCUT2D eigenvalue weighted by atomic mass is 19.3. The van der Waals surface area contributed by atoms with Crippen molar-refractivity contribution in [3.05, 3.63) is 54.4 Å². The van der Waals surface area contributed by atoms with E-state index in [4.69, 9.17) is 0 Å². The van der Waals surface area contributed by atoms with Gasteiger partial charge < -0.3 is 15.1 Å². The first-order valence-corrected chi connectivity index (χ1v) is 9.97. The minimum atomic E-state index is -2.87. The van der Waals surface area contributed by atoms with Gasteiger partial charge in [0.05, 0.1) is 5.70 Å². The number of amides is 1. The SMILES string of the molecule is C=C(Nc1ccc(C(C)(F)F)cc1)C(=N/C=C\C)N1CCN(C(=O)C2CC2)CC1. The molecule has 1 aromatic rings. The molecule has 0 aromatic heterocycles. The number of piperazine rings is 1. The lowest BCUT2D eigenvalue weighted by Gasteiger charge is -2.37. The van der Waals surface area contributed by atoms with Crippen molar-refractivity contribution in [1.82, 2.24) is 9.80 Å². The average molecular weight is 402 g/mol. The van der Waals surface area contributed by atoms with Crippen LogP contribution in [0.1, 0.15) is 32.3 Å². The highest BCUT2D eigenvalue weighted by molar-refractivity contribution is 6.00.